The van der Waals surface area contributed by atoms with Gasteiger partial charge in [-0.2, -0.15) is 14.3 Å². The molecule has 5 aromatic rings. The highest BCUT2D eigenvalue weighted by atomic mass is 32.2. The number of halogens is 1. The molecule has 8 heterocycles. The van der Waals surface area contributed by atoms with Crippen LogP contribution in [0.25, 0.3) is 22.3 Å². The standard InChI is InChI=1S/C42H48FN13O5S/c1-25(2)56-34-19-36(47-35-7-10-44-39(48-35)28-20-46-55(24-28)62(60,61)30-3-4-30)45-21-31(34)40(50-56)53-15-13-52(14-16-53)29-8-11-51(12-9-29)22-26-17-27-23-54(42(59)38(27)32(43)18-26)33-5-6-37(57)49-41(33)58/h7,10,17-21,24-25,29-30,33H,3-6,8-9,11-16,22-23H2,1-2H3,(H,49,57,58)(H,44,45,47,48). The number of likely N-dealkylation sites (tertiary alicyclic amines) is 1. The smallest absolute Gasteiger partial charge is 0.258 e. The lowest BCUT2D eigenvalue weighted by atomic mass is 10.0. The first-order valence-corrected chi connectivity index (χ1v) is 22.8. The van der Waals surface area contributed by atoms with Gasteiger partial charge in [-0.15, -0.1) is 0 Å². The maximum Gasteiger partial charge on any atom is 0.258 e. The van der Waals surface area contributed by atoms with Gasteiger partial charge in [-0.1, -0.05) is 6.07 Å². The Morgan fingerprint density at radius 1 is 0.935 bits per heavy atom. The van der Waals surface area contributed by atoms with Crippen molar-refractivity contribution in [3.8, 4) is 11.4 Å². The first-order valence-electron chi connectivity index (χ1n) is 21.3. The number of aromatic nitrogens is 7. The zero-order chi connectivity index (χ0) is 42.9. The number of hydrogen-bond acceptors (Lipinski definition) is 14. The molecular weight excluding hydrogens is 818 g/mol. The molecule has 20 heteroatoms. The molecule has 2 N–H and O–H groups in total. The van der Waals surface area contributed by atoms with Crippen molar-refractivity contribution in [1.82, 2.24) is 53.9 Å². The van der Waals surface area contributed by atoms with E-state index in [0.717, 1.165) is 78.5 Å². The van der Waals surface area contributed by atoms with E-state index < -0.39 is 33.7 Å². The van der Waals surface area contributed by atoms with Crippen LogP contribution in [0.2, 0.25) is 0 Å². The molecule has 5 aliphatic rings. The van der Waals surface area contributed by atoms with E-state index in [1.807, 2.05) is 23.0 Å². The number of anilines is 3. The van der Waals surface area contributed by atoms with Crippen LogP contribution in [0.1, 0.15) is 79.9 Å². The number of pyridine rings is 1. The van der Waals surface area contributed by atoms with Gasteiger partial charge in [0.15, 0.2) is 11.6 Å². The minimum atomic E-state index is -3.50. The Bertz CT molecular complexity index is 2700. The summed E-state index contributed by atoms with van der Waals surface area (Å²) in [4.78, 5) is 59.6. The summed E-state index contributed by atoms with van der Waals surface area (Å²) in [5.41, 5.74) is 2.88. The van der Waals surface area contributed by atoms with Gasteiger partial charge < -0.3 is 15.1 Å². The van der Waals surface area contributed by atoms with Gasteiger partial charge in [-0.05, 0) is 82.3 Å². The van der Waals surface area contributed by atoms with E-state index in [1.165, 1.54) is 23.4 Å². The molecule has 10 rings (SSSR count). The zero-order valence-electron chi connectivity index (χ0n) is 34.6. The summed E-state index contributed by atoms with van der Waals surface area (Å²) in [6, 6.07) is 6.82. The van der Waals surface area contributed by atoms with E-state index in [9.17, 15) is 22.8 Å². The number of nitrogens with one attached hydrogen (secondary N) is 2. The van der Waals surface area contributed by atoms with Crippen LogP contribution in [0.4, 0.5) is 21.8 Å². The molecule has 324 valence electrons. The Labute approximate surface area is 357 Å². The molecule has 0 bridgehead atoms. The summed E-state index contributed by atoms with van der Waals surface area (Å²) >= 11 is 0. The van der Waals surface area contributed by atoms with E-state index in [0.29, 0.717) is 54.0 Å². The molecule has 1 saturated carbocycles. The van der Waals surface area contributed by atoms with Crippen molar-refractivity contribution in [2.75, 3.05) is 49.5 Å². The maximum absolute atomic E-state index is 15.4. The summed E-state index contributed by atoms with van der Waals surface area (Å²) < 4.78 is 43.7. The molecular formula is C42H48FN13O5S. The van der Waals surface area contributed by atoms with Gasteiger partial charge in [0.05, 0.1) is 39.7 Å². The molecule has 1 unspecified atom stereocenters. The monoisotopic (exact) mass is 865 g/mol. The number of benzene rings is 1. The number of carbonyl (C=O) groups excluding carboxylic acids is 3. The third kappa shape index (κ3) is 7.57. The van der Waals surface area contributed by atoms with Crippen LogP contribution in [-0.4, -0.2) is 131 Å². The Balaban J connectivity index is 0.750. The minimum Gasteiger partial charge on any atom is -0.352 e. The third-order valence-corrected chi connectivity index (χ3v) is 14.8. The Hall–Kier alpha value is -5.86. The fourth-order valence-electron chi connectivity index (χ4n) is 9.30. The van der Waals surface area contributed by atoms with Crippen molar-refractivity contribution in [2.24, 2.45) is 0 Å². The largest absolute Gasteiger partial charge is 0.352 e. The predicted molar refractivity (Wildman–Crippen MR) is 226 cm³/mol. The fraction of sp³-hybridized carbons (Fsp3) is 0.476. The molecule has 0 radical (unpaired) electrons. The molecule has 62 heavy (non-hydrogen) atoms. The third-order valence-electron chi connectivity index (χ3n) is 12.7. The number of carbonyl (C=O) groups is 3. The van der Waals surface area contributed by atoms with Gasteiger partial charge in [0, 0.05) is 76.2 Å². The molecule has 4 fully saturated rings. The molecule has 3 amide bonds. The van der Waals surface area contributed by atoms with Gasteiger partial charge in [-0.3, -0.25) is 34.2 Å². The lowest BCUT2D eigenvalue weighted by molar-refractivity contribution is -0.136. The van der Waals surface area contributed by atoms with E-state index >= 15 is 4.39 Å². The normalized spacial score (nSPS) is 20.7. The Morgan fingerprint density at radius 2 is 1.73 bits per heavy atom. The average Bonchev–Trinajstić information content (AvgIpc) is 3.74. The quantitative estimate of drug-likeness (QED) is 0.183. The first-order chi connectivity index (χ1) is 29.9. The molecule has 1 atom stereocenters. The van der Waals surface area contributed by atoms with Crippen molar-refractivity contribution < 1.29 is 27.2 Å². The molecule has 18 nitrogen and oxygen atoms in total. The number of amides is 3. The Kier molecular flexibility index (Phi) is 10.3. The highest BCUT2D eigenvalue weighted by Gasteiger charge is 2.41. The minimum absolute atomic E-state index is 0.0276. The van der Waals surface area contributed by atoms with Crippen LogP contribution in [0, 0.1) is 5.82 Å². The summed E-state index contributed by atoms with van der Waals surface area (Å²) in [5, 5.41) is 15.3. The van der Waals surface area contributed by atoms with Crippen LogP contribution in [0.15, 0.2) is 49.1 Å². The second-order valence-corrected chi connectivity index (χ2v) is 19.3. The van der Waals surface area contributed by atoms with Crippen molar-refractivity contribution in [3.05, 3.63) is 71.6 Å². The molecule has 0 spiro atoms. The molecule has 4 aromatic heterocycles. The number of piperazine rings is 1. The number of rotatable bonds is 11. The zero-order valence-corrected chi connectivity index (χ0v) is 35.4. The van der Waals surface area contributed by atoms with E-state index in [2.05, 4.69) is 54.2 Å². The van der Waals surface area contributed by atoms with Crippen LogP contribution in [-0.2, 0) is 32.7 Å². The average molecular weight is 866 g/mol. The number of nitrogens with zero attached hydrogens (tertiary/aromatic N) is 11. The summed E-state index contributed by atoms with van der Waals surface area (Å²) in [6.07, 6.45) is 10.1. The lowest BCUT2D eigenvalue weighted by Gasteiger charge is -2.43. The van der Waals surface area contributed by atoms with Gasteiger partial charge in [-0.25, -0.2) is 27.8 Å². The van der Waals surface area contributed by atoms with Crippen molar-refractivity contribution in [3.63, 3.8) is 0 Å². The number of hydrogen-bond donors (Lipinski definition) is 2. The summed E-state index contributed by atoms with van der Waals surface area (Å²) in [6.45, 7) is 10.2. The Morgan fingerprint density at radius 3 is 2.47 bits per heavy atom. The van der Waals surface area contributed by atoms with Crippen molar-refractivity contribution >= 4 is 56.1 Å². The van der Waals surface area contributed by atoms with Crippen molar-refractivity contribution in [2.45, 2.75) is 88.8 Å². The SMILES string of the molecule is CC(C)n1nc(N2CCN(C3CCN(Cc4cc(F)c5c(c4)CN(C4CCC(=O)NC4=O)C5=O)CC3)CC2)c2cnc(Nc3ccnc(-c4cnn(S(=O)(=O)C5CC5)c4)n3)cc21. The van der Waals surface area contributed by atoms with Crippen LogP contribution >= 0.6 is 0 Å². The second-order valence-electron chi connectivity index (χ2n) is 17.2. The second kappa shape index (κ2) is 15.8. The van der Waals surface area contributed by atoms with E-state index in [1.54, 1.807) is 12.3 Å². The number of imide groups is 1. The fourth-order valence-corrected chi connectivity index (χ4v) is 10.8. The van der Waals surface area contributed by atoms with Gasteiger partial charge in [0.25, 0.3) is 15.9 Å². The molecule has 3 saturated heterocycles. The summed E-state index contributed by atoms with van der Waals surface area (Å²) in [7, 11) is -3.50. The first kappa shape index (κ1) is 40.2. The van der Waals surface area contributed by atoms with Gasteiger partial charge >= 0.3 is 0 Å². The molecule has 4 aliphatic heterocycles. The maximum atomic E-state index is 15.4. The van der Waals surface area contributed by atoms with Crippen molar-refractivity contribution in [1.29, 1.82) is 0 Å². The van der Waals surface area contributed by atoms with E-state index in [4.69, 9.17) is 10.1 Å². The van der Waals surface area contributed by atoms with Crippen LogP contribution in [0.3, 0.4) is 0 Å². The molecule has 1 aliphatic carbocycles. The predicted octanol–water partition coefficient (Wildman–Crippen LogP) is 3.44. The van der Waals surface area contributed by atoms with Crippen LogP contribution in [0.5, 0.6) is 0 Å². The summed E-state index contributed by atoms with van der Waals surface area (Å²) in [5.74, 6) is 0.436. The van der Waals surface area contributed by atoms with Gasteiger partial charge in [0.1, 0.15) is 23.5 Å². The molecule has 1 aromatic carbocycles. The highest BCUT2D eigenvalue weighted by Crippen LogP contribution is 2.34. The highest BCUT2D eigenvalue weighted by molar-refractivity contribution is 7.90. The topological polar surface area (TPSA) is 197 Å². The van der Waals surface area contributed by atoms with Gasteiger partial charge in [0.2, 0.25) is 11.8 Å². The number of piperidine rings is 2. The number of fused-ring (bicyclic) bond motifs is 2. The lowest BCUT2D eigenvalue weighted by Crippen LogP contribution is -2.53. The van der Waals surface area contributed by atoms with E-state index in [-0.39, 0.29) is 42.1 Å². The van der Waals surface area contributed by atoms with Crippen LogP contribution < -0.4 is 15.5 Å².